The van der Waals surface area contributed by atoms with E-state index in [4.69, 9.17) is 0 Å². The lowest BCUT2D eigenvalue weighted by molar-refractivity contribution is -0.114. The van der Waals surface area contributed by atoms with Gasteiger partial charge in [-0.3, -0.25) is 4.79 Å². The van der Waals surface area contributed by atoms with Crippen LogP contribution in [0.5, 0.6) is 0 Å². The van der Waals surface area contributed by atoms with E-state index in [-0.39, 0.29) is 11.9 Å². The second-order valence-electron chi connectivity index (χ2n) is 5.27. The van der Waals surface area contributed by atoms with Crippen molar-refractivity contribution in [2.24, 2.45) is 0 Å². The lowest BCUT2D eigenvalue weighted by atomic mass is 10.0. The molecule has 110 valence electrons. The summed E-state index contributed by atoms with van der Waals surface area (Å²) in [4.78, 5) is 11.0. The molecular weight excluding hydrogens is 260 g/mol. The Bertz CT molecular complexity index is 588. The van der Waals surface area contributed by atoms with Crippen LogP contribution in [0.3, 0.4) is 0 Å². The maximum absolute atomic E-state index is 11.0. The Hall–Kier alpha value is -2.29. The number of hydrogen-bond donors (Lipinski definition) is 2. The third-order valence-corrected chi connectivity index (χ3v) is 3.43. The first-order valence-corrected chi connectivity index (χ1v) is 7.29. The Kier molecular flexibility index (Phi) is 4.99. The molecule has 0 aliphatic heterocycles. The molecule has 0 saturated carbocycles. The fourth-order valence-corrected chi connectivity index (χ4v) is 2.27. The summed E-state index contributed by atoms with van der Waals surface area (Å²) in [6, 6.07) is 16.7. The third kappa shape index (κ3) is 4.35. The molecule has 0 fully saturated rings. The second-order valence-corrected chi connectivity index (χ2v) is 5.27. The molecule has 0 aliphatic rings. The zero-order chi connectivity index (χ0) is 15.2. The average Bonchev–Trinajstić information content (AvgIpc) is 2.47. The highest BCUT2D eigenvalue weighted by atomic mass is 16.1. The quantitative estimate of drug-likeness (QED) is 0.846. The van der Waals surface area contributed by atoms with Gasteiger partial charge in [0.15, 0.2) is 0 Å². The highest BCUT2D eigenvalue weighted by Gasteiger charge is 2.08. The minimum absolute atomic E-state index is 0.0539. The Morgan fingerprint density at radius 1 is 1.00 bits per heavy atom. The van der Waals surface area contributed by atoms with Gasteiger partial charge < -0.3 is 10.6 Å². The van der Waals surface area contributed by atoms with E-state index in [9.17, 15) is 4.79 Å². The molecular formula is C18H22N2O. The zero-order valence-electron chi connectivity index (χ0n) is 12.8. The van der Waals surface area contributed by atoms with E-state index >= 15 is 0 Å². The van der Waals surface area contributed by atoms with Crippen LogP contribution in [0.2, 0.25) is 0 Å². The van der Waals surface area contributed by atoms with Gasteiger partial charge in [0.25, 0.3) is 0 Å². The highest BCUT2D eigenvalue weighted by molar-refractivity contribution is 5.88. The molecule has 2 N–H and O–H groups in total. The molecule has 21 heavy (non-hydrogen) atoms. The number of hydrogen-bond acceptors (Lipinski definition) is 2. The van der Waals surface area contributed by atoms with Gasteiger partial charge in [-0.1, -0.05) is 36.8 Å². The highest BCUT2D eigenvalue weighted by Crippen LogP contribution is 2.23. The predicted molar refractivity (Wildman–Crippen MR) is 88.6 cm³/mol. The summed E-state index contributed by atoms with van der Waals surface area (Å²) in [7, 11) is 0. The van der Waals surface area contributed by atoms with E-state index in [1.54, 1.807) is 0 Å². The maximum Gasteiger partial charge on any atom is 0.221 e. The smallest absolute Gasteiger partial charge is 0.221 e. The molecule has 1 unspecified atom stereocenters. The van der Waals surface area contributed by atoms with Gasteiger partial charge in [0.05, 0.1) is 6.04 Å². The van der Waals surface area contributed by atoms with Crippen LogP contribution < -0.4 is 10.6 Å². The number of carbonyl (C=O) groups is 1. The lowest BCUT2D eigenvalue weighted by Crippen LogP contribution is -2.10. The van der Waals surface area contributed by atoms with Crippen molar-refractivity contribution in [2.45, 2.75) is 33.2 Å². The average molecular weight is 282 g/mol. The van der Waals surface area contributed by atoms with E-state index < -0.39 is 0 Å². The van der Waals surface area contributed by atoms with Gasteiger partial charge in [-0.2, -0.15) is 0 Å². The molecule has 2 rings (SSSR count). The molecule has 2 aromatic rings. The van der Waals surface area contributed by atoms with Crippen LogP contribution in [-0.4, -0.2) is 5.91 Å². The van der Waals surface area contributed by atoms with Gasteiger partial charge in [0.2, 0.25) is 5.91 Å². The summed E-state index contributed by atoms with van der Waals surface area (Å²) in [5, 5.41) is 6.30. The zero-order valence-corrected chi connectivity index (χ0v) is 12.8. The lowest BCUT2D eigenvalue weighted by Gasteiger charge is -2.19. The summed E-state index contributed by atoms with van der Waals surface area (Å²) in [6.07, 6.45) is 1.01. The summed E-state index contributed by atoms with van der Waals surface area (Å²) < 4.78 is 0. The molecule has 1 amide bonds. The van der Waals surface area contributed by atoms with Crippen molar-refractivity contribution >= 4 is 17.3 Å². The van der Waals surface area contributed by atoms with Crippen LogP contribution in [0.1, 0.15) is 37.4 Å². The van der Waals surface area contributed by atoms with E-state index in [2.05, 4.69) is 48.7 Å². The van der Waals surface area contributed by atoms with Gasteiger partial charge in [-0.15, -0.1) is 0 Å². The van der Waals surface area contributed by atoms with Crippen LogP contribution in [0.4, 0.5) is 11.4 Å². The van der Waals surface area contributed by atoms with E-state index in [0.29, 0.717) is 0 Å². The van der Waals surface area contributed by atoms with Crippen LogP contribution >= 0.6 is 0 Å². The van der Waals surface area contributed by atoms with Crippen molar-refractivity contribution in [1.29, 1.82) is 0 Å². The molecule has 0 spiro atoms. The van der Waals surface area contributed by atoms with E-state index in [1.165, 1.54) is 18.1 Å². The van der Waals surface area contributed by atoms with Gasteiger partial charge in [0.1, 0.15) is 0 Å². The second kappa shape index (κ2) is 6.93. The third-order valence-electron chi connectivity index (χ3n) is 3.43. The first-order chi connectivity index (χ1) is 10.1. The number of amides is 1. The fraction of sp³-hybridized carbons (Fsp3) is 0.278. The van der Waals surface area contributed by atoms with Crippen LogP contribution in [0, 0.1) is 6.92 Å². The number of carbonyl (C=O) groups excluding carboxylic acids is 1. The molecule has 0 heterocycles. The Morgan fingerprint density at radius 3 is 2.10 bits per heavy atom. The summed E-state index contributed by atoms with van der Waals surface area (Å²) in [6.45, 7) is 5.78. The summed E-state index contributed by atoms with van der Waals surface area (Å²) in [5.74, 6) is -0.0539. The molecule has 0 aromatic heterocycles. The Labute approximate surface area is 126 Å². The standard InChI is InChI=1S/C18H22N2O/c1-4-18(15-7-5-13(2)6-8-15)20-17-11-9-16(10-12-17)19-14(3)21/h5-12,18,20H,4H2,1-3H3,(H,19,21). The van der Waals surface area contributed by atoms with Gasteiger partial charge in [-0.05, 0) is 43.2 Å². The van der Waals surface area contributed by atoms with Gasteiger partial charge in [-0.25, -0.2) is 0 Å². The molecule has 0 radical (unpaired) electrons. The number of nitrogens with one attached hydrogen (secondary N) is 2. The van der Waals surface area contributed by atoms with E-state index in [0.717, 1.165) is 17.8 Å². The molecule has 0 aliphatic carbocycles. The molecule has 1 atom stereocenters. The normalized spacial score (nSPS) is 11.8. The SMILES string of the molecule is CCC(Nc1ccc(NC(C)=O)cc1)c1ccc(C)cc1. The minimum atomic E-state index is -0.0539. The van der Waals surface area contributed by atoms with Crippen molar-refractivity contribution in [3.63, 3.8) is 0 Å². The fourth-order valence-electron chi connectivity index (χ4n) is 2.27. The van der Waals surface area contributed by atoms with Crippen molar-refractivity contribution in [3.8, 4) is 0 Å². The molecule has 0 saturated heterocycles. The van der Waals surface area contributed by atoms with Crippen molar-refractivity contribution in [1.82, 2.24) is 0 Å². The maximum atomic E-state index is 11.0. The number of rotatable bonds is 5. The van der Waals surface area contributed by atoms with E-state index in [1.807, 2.05) is 24.3 Å². The summed E-state index contributed by atoms with van der Waals surface area (Å²) in [5.41, 5.74) is 4.43. The largest absolute Gasteiger partial charge is 0.378 e. The summed E-state index contributed by atoms with van der Waals surface area (Å²) >= 11 is 0. The van der Waals surface area contributed by atoms with Crippen molar-refractivity contribution in [3.05, 3.63) is 59.7 Å². The Balaban J connectivity index is 2.07. The Morgan fingerprint density at radius 2 is 1.57 bits per heavy atom. The van der Waals surface area contributed by atoms with Crippen LogP contribution in [-0.2, 0) is 4.79 Å². The van der Waals surface area contributed by atoms with Crippen molar-refractivity contribution < 1.29 is 4.79 Å². The molecule has 2 aromatic carbocycles. The van der Waals surface area contributed by atoms with Gasteiger partial charge >= 0.3 is 0 Å². The van der Waals surface area contributed by atoms with Crippen molar-refractivity contribution in [2.75, 3.05) is 10.6 Å². The first kappa shape index (κ1) is 15.1. The monoisotopic (exact) mass is 282 g/mol. The molecule has 3 heteroatoms. The topological polar surface area (TPSA) is 41.1 Å². The van der Waals surface area contributed by atoms with Crippen LogP contribution in [0.25, 0.3) is 0 Å². The number of aryl methyl sites for hydroxylation is 1. The van der Waals surface area contributed by atoms with Gasteiger partial charge in [0, 0.05) is 18.3 Å². The van der Waals surface area contributed by atoms with Crippen LogP contribution in [0.15, 0.2) is 48.5 Å². The minimum Gasteiger partial charge on any atom is -0.378 e. The predicted octanol–water partition coefficient (Wildman–Crippen LogP) is 4.52. The number of benzene rings is 2. The number of anilines is 2. The molecule has 0 bridgehead atoms. The molecule has 3 nitrogen and oxygen atoms in total. The first-order valence-electron chi connectivity index (χ1n) is 7.29.